The Bertz CT molecular complexity index is 1070. The molecule has 1 aliphatic heterocycles. The van der Waals surface area contributed by atoms with Crippen LogP contribution in [0.5, 0.6) is 17.2 Å². The van der Waals surface area contributed by atoms with Gasteiger partial charge in [0.15, 0.2) is 6.61 Å². The zero-order chi connectivity index (χ0) is 22.6. The SMILES string of the molecule is COc1cc(NC(=O)COc2ccc(Cl)cc2S(=O)(=O)N2CCCC2)c(OC)cc1Cl. The van der Waals surface area contributed by atoms with Gasteiger partial charge < -0.3 is 19.5 Å². The lowest BCUT2D eigenvalue weighted by Gasteiger charge is -2.18. The van der Waals surface area contributed by atoms with Gasteiger partial charge in [-0.15, -0.1) is 0 Å². The van der Waals surface area contributed by atoms with Crippen molar-refractivity contribution in [3.63, 3.8) is 0 Å². The number of carbonyl (C=O) groups is 1. The van der Waals surface area contributed by atoms with E-state index in [2.05, 4.69) is 5.32 Å². The second kappa shape index (κ2) is 9.95. The zero-order valence-electron chi connectivity index (χ0n) is 17.0. The van der Waals surface area contributed by atoms with E-state index in [4.69, 9.17) is 37.4 Å². The van der Waals surface area contributed by atoms with E-state index in [0.717, 1.165) is 12.8 Å². The van der Waals surface area contributed by atoms with E-state index in [-0.39, 0.29) is 15.7 Å². The largest absolute Gasteiger partial charge is 0.495 e. The first-order chi connectivity index (χ1) is 14.8. The highest BCUT2D eigenvalue weighted by Gasteiger charge is 2.30. The number of benzene rings is 2. The van der Waals surface area contributed by atoms with Gasteiger partial charge >= 0.3 is 0 Å². The Balaban J connectivity index is 1.77. The van der Waals surface area contributed by atoms with Gasteiger partial charge in [-0.1, -0.05) is 23.2 Å². The van der Waals surface area contributed by atoms with Crippen molar-refractivity contribution in [1.82, 2.24) is 4.31 Å². The molecule has 1 fully saturated rings. The van der Waals surface area contributed by atoms with Crippen LogP contribution in [0, 0.1) is 0 Å². The number of ether oxygens (including phenoxy) is 3. The summed E-state index contributed by atoms with van der Waals surface area (Å²) in [4.78, 5) is 12.4. The molecule has 2 aromatic carbocycles. The average Bonchev–Trinajstić information content (AvgIpc) is 3.29. The molecule has 8 nitrogen and oxygen atoms in total. The molecule has 0 spiro atoms. The molecule has 11 heteroatoms. The molecular formula is C20H22Cl2N2O6S. The van der Waals surface area contributed by atoms with Crippen LogP contribution in [-0.2, 0) is 14.8 Å². The summed E-state index contributed by atoms with van der Waals surface area (Å²) in [5, 5.41) is 3.23. The molecule has 0 radical (unpaired) electrons. The number of methoxy groups -OCH3 is 2. The Morgan fingerprint density at radius 2 is 1.71 bits per heavy atom. The summed E-state index contributed by atoms with van der Waals surface area (Å²) in [5.74, 6) is 0.215. The molecule has 168 valence electrons. The summed E-state index contributed by atoms with van der Waals surface area (Å²) in [6.45, 7) is 0.443. The van der Waals surface area contributed by atoms with Crippen molar-refractivity contribution in [2.24, 2.45) is 0 Å². The number of hydrogen-bond donors (Lipinski definition) is 1. The number of carbonyl (C=O) groups excluding carboxylic acids is 1. The average molecular weight is 489 g/mol. The van der Waals surface area contributed by atoms with Gasteiger partial charge in [0.1, 0.15) is 22.1 Å². The molecule has 0 saturated carbocycles. The lowest BCUT2D eigenvalue weighted by molar-refractivity contribution is -0.118. The molecule has 0 bridgehead atoms. The van der Waals surface area contributed by atoms with E-state index in [9.17, 15) is 13.2 Å². The van der Waals surface area contributed by atoms with Crippen LogP contribution >= 0.6 is 23.2 Å². The number of hydrogen-bond acceptors (Lipinski definition) is 6. The van der Waals surface area contributed by atoms with Crippen molar-refractivity contribution in [3.05, 3.63) is 40.4 Å². The molecule has 3 rings (SSSR count). The molecule has 0 unspecified atom stereocenters. The summed E-state index contributed by atoms with van der Waals surface area (Å²) >= 11 is 12.1. The molecule has 1 saturated heterocycles. The Morgan fingerprint density at radius 1 is 1.03 bits per heavy atom. The first-order valence-corrected chi connectivity index (χ1v) is 11.6. The van der Waals surface area contributed by atoms with Crippen LogP contribution < -0.4 is 19.5 Å². The molecule has 2 aromatic rings. The Hall–Kier alpha value is -2.20. The van der Waals surface area contributed by atoms with Crippen molar-refractivity contribution < 1.29 is 27.4 Å². The number of nitrogens with one attached hydrogen (secondary N) is 1. The maximum absolute atomic E-state index is 13.0. The minimum atomic E-state index is -3.78. The number of sulfonamides is 1. The van der Waals surface area contributed by atoms with Crippen molar-refractivity contribution in [2.45, 2.75) is 17.7 Å². The zero-order valence-corrected chi connectivity index (χ0v) is 19.3. The van der Waals surface area contributed by atoms with E-state index >= 15 is 0 Å². The van der Waals surface area contributed by atoms with Gasteiger partial charge in [-0.25, -0.2) is 8.42 Å². The van der Waals surface area contributed by atoms with Crippen LogP contribution in [0.15, 0.2) is 35.2 Å². The van der Waals surface area contributed by atoms with Crippen LogP contribution in [0.25, 0.3) is 0 Å². The molecule has 1 aliphatic rings. The normalized spacial score (nSPS) is 14.3. The maximum Gasteiger partial charge on any atom is 0.262 e. The minimum absolute atomic E-state index is 0.0482. The monoisotopic (exact) mass is 488 g/mol. The predicted octanol–water partition coefficient (Wildman–Crippen LogP) is 3.81. The standard InChI is InChI=1S/C20H22Cl2N2O6S/c1-28-17-11-15(18(29-2)10-14(17)22)23-20(25)12-30-16-6-5-13(21)9-19(16)31(26,27)24-7-3-4-8-24/h5-6,9-11H,3-4,7-8,12H2,1-2H3,(H,23,25). The van der Waals surface area contributed by atoms with Crippen molar-refractivity contribution >= 4 is 44.8 Å². The van der Waals surface area contributed by atoms with Crippen LogP contribution in [0.1, 0.15) is 12.8 Å². The van der Waals surface area contributed by atoms with Crippen LogP contribution in [0.4, 0.5) is 5.69 Å². The molecule has 0 atom stereocenters. The molecular weight excluding hydrogens is 467 g/mol. The Kier molecular flexibility index (Phi) is 7.53. The predicted molar refractivity (Wildman–Crippen MR) is 118 cm³/mol. The first kappa shape index (κ1) is 23.5. The quantitative estimate of drug-likeness (QED) is 0.606. The molecule has 0 aromatic heterocycles. The van der Waals surface area contributed by atoms with Crippen molar-refractivity contribution in [1.29, 1.82) is 0 Å². The smallest absolute Gasteiger partial charge is 0.262 e. The third-order valence-corrected chi connectivity index (χ3v) is 7.15. The number of halogens is 2. The number of rotatable bonds is 8. The Morgan fingerprint density at radius 3 is 2.35 bits per heavy atom. The van der Waals surface area contributed by atoms with Crippen molar-refractivity contribution in [2.75, 3.05) is 39.2 Å². The Labute approximate surface area is 191 Å². The molecule has 31 heavy (non-hydrogen) atoms. The summed E-state index contributed by atoms with van der Waals surface area (Å²) in [7, 11) is -0.894. The van der Waals surface area contributed by atoms with E-state index in [1.54, 1.807) is 0 Å². The first-order valence-electron chi connectivity index (χ1n) is 9.40. The molecule has 0 aliphatic carbocycles. The number of amides is 1. The minimum Gasteiger partial charge on any atom is -0.495 e. The highest BCUT2D eigenvalue weighted by molar-refractivity contribution is 7.89. The topological polar surface area (TPSA) is 94.2 Å². The van der Waals surface area contributed by atoms with Gasteiger partial charge in [0.2, 0.25) is 10.0 Å². The highest BCUT2D eigenvalue weighted by atomic mass is 35.5. The van der Waals surface area contributed by atoms with Gasteiger partial charge in [0, 0.05) is 30.2 Å². The third-order valence-electron chi connectivity index (χ3n) is 4.70. The van der Waals surface area contributed by atoms with E-state index in [1.165, 1.54) is 48.9 Å². The fourth-order valence-corrected chi connectivity index (χ4v) is 5.30. The second-order valence-electron chi connectivity index (χ2n) is 6.73. The fraction of sp³-hybridized carbons (Fsp3) is 0.350. The van der Waals surface area contributed by atoms with E-state index in [0.29, 0.717) is 35.3 Å². The maximum atomic E-state index is 13.0. The van der Waals surface area contributed by atoms with Gasteiger partial charge in [0.05, 0.1) is 24.9 Å². The van der Waals surface area contributed by atoms with E-state index < -0.39 is 22.5 Å². The molecule has 1 heterocycles. The van der Waals surface area contributed by atoms with Gasteiger partial charge in [-0.3, -0.25) is 4.79 Å². The number of nitrogens with zero attached hydrogens (tertiary/aromatic N) is 1. The lowest BCUT2D eigenvalue weighted by Crippen LogP contribution is -2.28. The highest BCUT2D eigenvalue weighted by Crippen LogP contribution is 2.36. The molecule has 1 amide bonds. The van der Waals surface area contributed by atoms with Crippen LogP contribution in [0.2, 0.25) is 10.0 Å². The number of anilines is 1. The van der Waals surface area contributed by atoms with E-state index in [1.807, 2.05) is 0 Å². The van der Waals surface area contributed by atoms with Crippen molar-refractivity contribution in [3.8, 4) is 17.2 Å². The summed E-state index contributed by atoms with van der Waals surface area (Å²) in [5.41, 5.74) is 0.332. The van der Waals surface area contributed by atoms with Gasteiger partial charge in [-0.2, -0.15) is 4.31 Å². The van der Waals surface area contributed by atoms with Crippen LogP contribution in [-0.4, -0.2) is 52.5 Å². The second-order valence-corrected chi connectivity index (χ2v) is 9.48. The van der Waals surface area contributed by atoms with Gasteiger partial charge in [-0.05, 0) is 31.0 Å². The molecule has 1 N–H and O–H groups in total. The third kappa shape index (κ3) is 5.35. The van der Waals surface area contributed by atoms with Crippen LogP contribution in [0.3, 0.4) is 0 Å². The van der Waals surface area contributed by atoms with Gasteiger partial charge in [0.25, 0.3) is 5.91 Å². The fourth-order valence-electron chi connectivity index (χ4n) is 3.16. The summed E-state index contributed by atoms with van der Waals surface area (Å²) < 4.78 is 43.3. The lowest BCUT2D eigenvalue weighted by atomic mass is 10.2. The summed E-state index contributed by atoms with van der Waals surface area (Å²) in [6, 6.07) is 7.30. The summed E-state index contributed by atoms with van der Waals surface area (Å²) in [6.07, 6.45) is 1.59.